The molecule has 10 rings (SSSR count). The fourth-order valence-corrected chi connectivity index (χ4v) is 12.5. The molecule has 4 aromatic rings. The van der Waals surface area contributed by atoms with Gasteiger partial charge in [0.1, 0.15) is 30.5 Å². The van der Waals surface area contributed by atoms with Crippen LogP contribution in [0.1, 0.15) is 96.6 Å². The Hall–Kier alpha value is -6.25. The lowest BCUT2D eigenvalue weighted by Crippen LogP contribution is -2.62. The fourth-order valence-electron chi connectivity index (χ4n) is 12.5. The lowest BCUT2D eigenvalue weighted by Gasteiger charge is -2.37. The van der Waals surface area contributed by atoms with Crippen molar-refractivity contribution in [1.82, 2.24) is 40.0 Å². The zero-order valence-electron chi connectivity index (χ0n) is 46.1. The number of halogens is 3. The van der Waals surface area contributed by atoms with Gasteiger partial charge in [-0.15, -0.1) is 0 Å². The van der Waals surface area contributed by atoms with Crippen LogP contribution in [0.5, 0.6) is 5.75 Å². The third kappa shape index (κ3) is 10.9. The van der Waals surface area contributed by atoms with Crippen molar-refractivity contribution in [2.45, 2.75) is 141 Å². The van der Waals surface area contributed by atoms with Crippen molar-refractivity contribution in [3.8, 4) is 28.1 Å². The van der Waals surface area contributed by atoms with Crippen LogP contribution in [0.4, 0.5) is 18.9 Å². The molecule has 5 aliphatic heterocycles. The molecule has 0 unspecified atom stereocenters. The van der Waals surface area contributed by atoms with Gasteiger partial charge in [-0.3, -0.25) is 38.9 Å². The second kappa shape index (κ2) is 21.8. The monoisotopic (exact) mass is 1080 g/mol. The zero-order valence-corrected chi connectivity index (χ0v) is 46.1. The number of aromatic nitrogens is 2. The number of hydrogen-bond donors (Lipinski definition) is 2. The van der Waals surface area contributed by atoms with E-state index in [1.807, 2.05) is 54.9 Å². The molecule has 2 aromatic carbocycles. The summed E-state index contributed by atoms with van der Waals surface area (Å²) in [7, 11) is 3.10. The van der Waals surface area contributed by atoms with Gasteiger partial charge in [-0.05, 0) is 118 Å². The van der Waals surface area contributed by atoms with Crippen LogP contribution in [-0.2, 0) is 52.8 Å². The number of likely N-dealkylation sites (tertiary alicyclic amines) is 1. The fraction of sp³-hybridized carbons (Fsp3) is 0.586. The van der Waals surface area contributed by atoms with Crippen molar-refractivity contribution < 1.29 is 51.4 Å². The first-order valence-corrected chi connectivity index (χ1v) is 27.8. The van der Waals surface area contributed by atoms with Gasteiger partial charge < -0.3 is 38.8 Å². The van der Waals surface area contributed by atoms with Crippen molar-refractivity contribution in [2.24, 2.45) is 11.8 Å². The first-order valence-electron chi connectivity index (χ1n) is 27.8. The number of alkyl halides is 3. The number of hydrogen-bond acceptors (Lipinski definition) is 12. The van der Waals surface area contributed by atoms with Crippen LogP contribution in [-0.4, -0.2) is 167 Å². The lowest BCUT2D eigenvalue weighted by atomic mass is 9.93. The molecule has 20 heteroatoms. The number of piperazine rings is 1. The van der Waals surface area contributed by atoms with Crippen molar-refractivity contribution in [3.63, 3.8) is 0 Å². The Labute approximate surface area is 454 Å². The van der Waals surface area contributed by atoms with Crippen molar-refractivity contribution in [2.75, 3.05) is 71.5 Å². The summed E-state index contributed by atoms with van der Waals surface area (Å²) < 4.78 is 69.8. The maximum atomic E-state index is 17.1. The largest absolute Gasteiger partial charge is 0.491 e. The summed E-state index contributed by atoms with van der Waals surface area (Å²) in [4.78, 5) is 84.5. The van der Waals surface area contributed by atoms with Crippen LogP contribution < -0.4 is 20.4 Å². The second-order valence-electron chi connectivity index (χ2n) is 23.0. The van der Waals surface area contributed by atoms with E-state index >= 15 is 13.2 Å². The molecule has 6 aliphatic rings. The molecule has 17 nitrogen and oxygen atoms in total. The van der Waals surface area contributed by atoms with E-state index in [0.29, 0.717) is 74.9 Å². The molecule has 7 heterocycles. The molecule has 1 saturated carbocycles. The SMILES string of the molecule is CCn1c(-c2cc(N3CCN(C4CC4)CC3)cnc2[C@H](C)OC)c2c3cc(ccc31)-c1cc3cc(c1)OC[C@@H]1[C@H](CCN1C(=O)C(C)(C)F)C(=O)N(C)[C@@H](C(C)C)C(=O)N[C@@H](C3)C(=O)N1CCC[C@H](N1)C(=O)OCC(F)(F)C2. The third-order valence-corrected chi connectivity index (χ3v) is 16.8. The Morgan fingerprint density at radius 1 is 0.910 bits per heavy atom. The van der Waals surface area contributed by atoms with Crippen LogP contribution in [0, 0.1) is 11.8 Å². The van der Waals surface area contributed by atoms with Gasteiger partial charge in [0.2, 0.25) is 11.8 Å². The number of anilines is 1. The number of benzene rings is 2. The molecule has 0 radical (unpaired) electrons. The first-order chi connectivity index (χ1) is 37.1. The summed E-state index contributed by atoms with van der Waals surface area (Å²) in [5, 5.41) is 4.73. The van der Waals surface area contributed by atoms with Crippen molar-refractivity contribution in [3.05, 3.63) is 65.5 Å². The number of esters is 1. The molecule has 8 bridgehead atoms. The highest BCUT2D eigenvalue weighted by Gasteiger charge is 2.48. The molecule has 2 aromatic heterocycles. The molecule has 4 fully saturated rings. The minimum atomic E-state index is -3.59. The van der Waals surface area contributed by atoms with Crippen LogP contribution in [0.15, 0.2) is 48.7 Å². The maximum absolute atomic E-state index is 17.1. The summed E-state index contributed by atoms with van der Waals surface area (Å²) in [6.45, 7) is 12.3. The van der Waals surface area contributed by atoms with Gasteiger partial charge in [0.25, 0.3) is 17.7 Å². The number of ether oxygens (including phenoxy) is 3. The molecule has 78 heavy (non-hydrogen) atoms. The molecule has 420 valence electrons. The van der Waals surface area contributed by atoms with Gasteiger partial charge in [0.15, 0.2) is 12.3 Å². The zero-order chi connectivity index (χ0) is 55.5. The second-order valence-corrected chi connectivity index (χ2v) is 23.0. The molecule has 6 atom stereocenters. The summed E-state index contributed by atoms with van der Waals surface area (Å²) in [6, 6.07) is 9.30. The summed E-state index contributed by atoms with van der Waals surface area (Å²) in [6.07, 6.45) is 3.56. The molecule has 0 spiro atoms. The molecular weight excluding hydrogens is 1010 g/mol. The quantitative estimate of drug-likeness (QED) is 0.185. The molecule has 4 amide bonds. The third-order valence-electron chi connectivity index (χ3n) is 16.8. The number of nitrogens with one attached hydrogen (secondary N) is 2. The average Bonchev–Trinajstić information content (AvgIpc) is 4.23. The van der Waals surface area contributed by atoms with Gasteiger partial charge in [-0.25, -0.2) is 18.6 Å². The van der Waals surface area contributed by atoms with Crippen molar-refractivity contribution >= 4 is 46.2 Å². The molecule has 1 aliphatic carbocycles. The van der Waals surface area contributed by atoms with Gasteiger partial charge in [-0.2, -0.15) is 0 Å². The number of fused-ring (bicyclic) bond motifs is 8. The van der Waals surface area contributed by atoms with E-state index in [1.165, 1.54) is 48.5 Å². The number of pyridine rings is 1. The van der Waals surface area contributed by atoms with Gasteiger partial charge in [0.05, 0.1) is 41.3 Å². The van der Waals surface area contributed by atoms with Crippen LogP contribution >= 0.6 is 0 Å². The number of amides is 4. The maximum Gasteiger partial charge on any atom is 0.325 e. The van der Waals surface area contributed by atoms with E-state index in [9.17, 15) is 24.0 Å². The van der Waals surface area contributed by atoms with Crippen LogP contribution in [0.2, 0.25) is 0 Å². The minimum Gasteiger partial charge on any atom is -0.491 e. The number of methoxy groups -OCH3 is 1. The van der Waals surface area contributed by atoms with Gasteiger partial charge in [-0.1, -0.05) is 26.0 Å². The van der Waals surface area contributed by atoms with E-state index in [4.69, 9.17) is 19.2 Å². The lowest BCUT2D eigenvalue weighted by molar-refractivity contribution is -0.162. The number of likely N-dealkylation sites (N-methyl/N-ethyl adjacent to an activating group) is 1. The Balaban J connectivity index is 1.15. The number of carbonyl (C=O) groups is 5. The number of aryl methyl sites for hydroxylation is 1. The van der Waals surface area contributed by atoms with Crippen LogP contribution in [0.25, 0.3) is 33.3 Å². The van der Waals surface area contributed by atoms with E-state index < -0.39 is 96.3 Å². The smallest absolute Gasteiger partial charge is 0.325 e. The Morgan fingerprint density at radius 2 is 1.67 bits per heavy atom. The van der Waals surface area contributed by atoms with E-state index in [0.717, 1.165) is 31.9 Å². The highest BCUT2D eigenvalue weighted by atomic mass is 19.3. The van der Waals surface area contributed by atoms with Gasteiger partial charge >= 0.3 is 5.97 Å². The predicted octanol–water partition coefficient (Wildman–Crippen LogP) is 6.48. The Morgan fingerprint density at radius 3 is 2.36 bits per heavy atom. The van der Waals surface area contributed by atoms with E-state index in [1.54, 1.807) is 33.1 Å². The van der Waals surface area contributed by atoms with Crippen LogP contribution in [0.3, 0.4) is 0 Å². The molecule has 3 saturated heterocycles. The van der Waals surface area contributed by atoms with Gasteiger partial charge in [0, 0.05) is 95.3 Å². The van der Waals surface area contributed by atoms with E-state index in [-0.39, 0.29) is 39.0 Å². The highest BCUT2D eigenvalue weighted by molar-refractivity contribution is 5.97. The number of nitrogens with zero attached hydrogens (tertiary/aromatic N) is 7. The molecular formula is C58H74F3N9O8. The molecule has 2 N–H and O–H groups in total. The number of rotatable bonds is 8. The Kier molecular flexibility index (Phi) is 15.4. The highest BCUT2D eigenvalue weighted by Crippen LogP contribution is 2.44. The summed E-state index contributed by atoms with van der Waals surface area (Å²) in [5.74, 6) is -8.01. The summed E-state index contributed by atoms with van der Waals surface area (Å²) in [5.41, 5.74) is 6.05. The number of cyclic esters (lactones) is 1. The topological polar surface area (TPSA) is 171 Å². The predicted molar refractivity (Wildman–Crippen MR) is 287 cm³/mol. The normalized spacial score (nSPS) is 25.2. The standard InChI is InChI=1S/C58H74F3N9O8/c1-9-68-47-15-12-36-27-42(47)44(51(68)43-28-39(30-62-49(43)34(4)76-8)67-21-19-66(20-22-67)38-13-14-38)29-58(60,61)32-78-55(74)45-11-10-17-70(64-45)54(73)46-25-35-23-37(36)26-40(24-35)77-31-48-41(16-18-69(48)56(75)57(5,6)59)53(72)65(7)50(33(2)3)52(71)63-46/h12,15,23-24,26-28,30,33-34,38,41,45-46,48,50,64H,9-11,13-14,16-22,25,29,31-32H2,1-8H3,(H,63,71)/t34-,41-,45-,46-,48+,50-/m0/s1. The summed E-state index contributed by atoms with van der Waals surface area (Å²) >= 11 is 0. The minimum absolute atomic E-state index is 0.0760. The Bertz CT molecular complexity index is 2970. The first kappa shape index (κ1) is 55.1. The van der Waals surface area contributed by atoms with Crippen molar-refractivity contribution in [1.29, 1.82) is 0 Å². The van der Waals surface area contributed by atoms with E-state index in [2.05, 4.69) is 20.5 Å². The number of hydrazine groups is 1. The number of carbonyl (C=O) groups excluding carboxylic acids is 5. The average molecular weight is 1080 g/mol.